The Balaban J connectivity index is 1.74. The van der Waals surface area contributed by atoms with Crippen LogP contribution in [0.5, 0.6) is 0 Å². The van der Waals surface area contributed by atoms with Crippen LogP contribution >= 0.6 is 0 Å². The van der Waals surface area contributed by atoms with Gasteiger partial charge in [-0.2, -0.15) is 0 Å². The number of ether oxygens (including phenoxy) is 3. The van der Waals surface area contributed by atoms with E-state index < -0.39 is 23.0 Å². The number of hydrogen-bond acceptors (Lipinski definition) is 6. The molecule has 3 aliphatic heterocycles. The second kappa shape index (κ2) is 5.27. The summed E-state index contributed by atoms with van der Waals surface area (Å²) in [5, 5.41) is 0. The number of carbonyl (C=O) groups is 2. The summed E-state index contributed by atoms with van der Waals surface area (Å²) >= 11 is 0. The third-order valence-corrected chi connectivity index (χ3v) is 5.86. The zero-order chi connectivity index (χ0) is 19.7. The van der Waals surface area contributed by atoms with Crippen molar-refractivity contribution in [1.82, 2.24) is 4.90 Å². The molecule has 1 fully saturated rings. The maximum Gasteiger partial charge on any atom is 0.360 e. The lowest BCUT2D eigenvalue weighted by Crippen LogP contribution is -2.82. The molecule has 3 atom stereocenters. The number of hydrogen-bond donors (Lipinski definition) is 0. The highest BCUT2D eigenvalue weighted by molar-refractivity contribution is 6.14. The Labute approximate surface area is 161 Å². The van der Waals surface area contributed by atoms with Gasteiger partial charge in [0.05, 0.1) is 0 Å². The molecule has 28 heavy (non-hydrogen) atoms. The van der Waals surface area contributed by atoms with E-state index in [9.17, 15) is 9.59 Å². The van der Waals surface area contributed by atoms with Gasteiger partial charge in [-0.25, -0.2) is 4.99 Å². The molecule has 0 unspecified atom stereocenters. The van der Waals surface area contributed by atoms with Crippen molar-refractivity contribution in [3.63, 3.8) is 0 Å². The average molecular weight is 378 g/mol. The first-order valence-electron chi connectivity index (χ1n) is 8.92. The molecule has 2 amide bonds. The van der Waals surface area contributed by atoms with Crippen LogP contribution in [0.25, 0.3) is 0 Å². The fourth-order valence-corrected chi connectivity index (χ4v) is 4.35. The van der Waals surface area contributed by atoms with E-state index in [1.807, 2.05) is 30.3 Å². The van der Waals surface area contributed by atoms with Crippen molar-refractivity contribution in [2.24, 2.45) is 4.99 Å². The third-order valence-electron chi connectivity index (χ3n) is 5.86. The highest BCUT2D eigenvalue weighted by Gasteiger charge is 2.86. The molecule has 5 rings (SSSR count). The molecule has 1 saturated heterocycles. The number of nitrogens with zero attached hydrogens (tertiary/aromatic N) is 2. The molecule has 0 saturated carbocycles. The van der Waals surface area contributed by atoms with Gasteiger partial charge < -0.3 is 9.47 Å². The first-order chi connectivity index (χ1) is 13.4. The molecule has 3 aliphatic rings. The molecular weight excluding hydrogens is 360 g/mol. The van der Waals surface area contributed by atoms with Crippen LogP contribution in [-0.2, 0) is 24.6 Å². The number of fused-ring (bicyclic) bond motifs is 4. The van der Waals surface area contributed by atoms with E-state index in [0.717, 1.165) is 10.5 Å². The number of imide groups is 1. The minimum absolute atomic E-state index is 0.326. The maximum atomic E-state index is 13.4. The Bertz CT molecular complexity index is 1050. The molecule has 2 aromatic rings. The predicted octanol–water partition coefficient (Wildman–Crippen LogP) is 2.06. The van der Waals surface area contributed by atoms with Crippen molar-refractivity contribution in [1.29, 1.82) is 0 Å². The second-order valence-corrected chi connectivity index (χ2v) is 7.22. The Morgan fingerprint density at radius 3 is 2.43 bits per heavy atom. The van der Waals surface area contributed by atoms with Crippen molar-refractivity contribution >= 4 is 17.7 Å². The Morgan fingerprint density at radius 1 is 1.04 bits per heavy atom. The first-order valence-corrected chi connectivity index (χ1v) is 8.92. The monoisotopic (exact) mass is 378 g/mol. The van der Waals surface area contributed by atoms with Crippen molar-refractivity contribution < 1.29 is 23.8 Å². The minimum atomic E-state index is -1.55. The summed E-state index contributed by atoms with van der Waals surface area (Å²) in [5.74, 6) is -2.10. The molecule has 2 aromatic carbocycles. The van der Waals surface area contributed by atoms with E-state index in [4.69, 9.17) is 19.2 Å². The highest BCUT2D eigenvalue weighted by Crippen LogP contribution is 2.64. The van der Waals surface area contributed by atoms with Gasteiger partial charge in [-0.15, -0.1) is 0 Å². The molecular formula is C21H18N2O5. The fourth-order valence-electron chi connectivity index (χ4n) is 4.35. The van der Waals surface area contributed by atoms with Crippen LogP contribution in [0.1, 0.15) is 28.4 Å². The summed E-state index contributed by atoms with van der Waals surface area (Å²) in [5.41, 5.74) is -1.12. The summed E-state index contributed by atoms with van der Waals surface area (Å²) in [6, 6.07) is 16.3. The molecule has 0 N–H and O–H groups in total. The summed E-state index contributed by atoms with van der Waals surface area (Å²) in [7, 11) is 2.89. The van der Waals surface area contributed by atoms with E-state index in [0.29, 0.717) is 17.0 Å². The lowest BCUT2D eigenvalue weighted by molar-refractivity contribution is -0.485. The van der Waals surface area contributed by atoms with Crippen LogP contribution in [0, 0.1) is 0 Å². The van der Waals surface area contributed by atoms with Crippen molar-refractivity contribution in [3.8, 4) is 0 Å². The number of aliphatic imine (C=N–C) groups is 1. The highest BCUT2D eigenvalue weighted by atomic mass is 16.9. The standard InChI is InChI=1S/C21H18N2O5/c1-19-20(15-12-8-7-11-14(15)17(24)23(2)18(20)25)28-21(19,26-3)27-16(22-19)13-9-5-4-6-10-13/h4-12H,1-3H3/t19-,20+,21+/m0/s1. The number of likely N-dealkylation sites (N-methyl/N-ethyl adjacent to an activating group) is 1. The van der Waals surface area contributed by atoms with Crippen molar-refractivity contribution in [2.45, 2.75) is 24.0 Å². The van der Waals surface area contributed by atoms with E-state index in [2.05, 4.69) is 0 Å². The molecule has 7 nitrogen and oxygen atoms in total. The molecule has 3 heterocycles. The van der Waals surface area contributed by atoms with Gasteiger partial charge in [0.25, 0.3) is 11.8 Å². The Kier molecular flexibility index (Phi) is 3.22. The van der Waals surface area contributed by atoms with Gasteiger partial charge in [0.15, 0.2) is 5.54 Å². The molecule has 0 radical (unpaired) electrons. The zero-order valence-corrected chi connectivity index (χ0v) is 15.6. The SMILES string of the molecule is CO[C@@]12OC(c3ccccc3)=N[C@@]1(C)[C@]1(O2)C(=O)N(C)C(=O)c2ccccc21. The lowest BCUT2D eigenvalue weighted by atomic mass is 9.65. The Morgan fingerprint density at radius 2 is 1.71 bits per heavy atom. The van der Waals surface area contributed by atoms with Gasteiger partial charge in [-0.05, 0) is 25.1 Å². The Hall–Kier alpha value is -3.03. The van der Waals surface area contributed by atoms with Crippen LogP contribution < -0.4 is 0 Å². The smallest absolute Gasteiger partial charge is 0.360 e. The van der Waals surface area contributed by atoms with Crippen LogP contribution in [-0.4, -0.2) is 48.3 Å². The molecule has 7 heteroatoms. The van der Waals surface area contributed by atoms with E-state index in [-0.39, 0.29) is 5.91 Å². The average Bonchev–Trinajstić information content (AvgIpc) is 2.97. The van der Waals surface area contributed by atoms with Gasteiger partial charge in [0, 0.05) is 30.8 Å². The first kappa shape index (κ1) is 17.1. The largest absolute Gasteiger partial charge is 0.419 e. The third kappa shape index (κ3) is 1.69. The van der Waals surface area contributed by atoms with Gasteiger partial charge in [0.2, 0.25) is 11.5 Å². The topological polar surface area (TPSA) is 77.4 Å². The van der Waals surface area contributed by atoms with Gasteiger partial charge in [-0.1, -0.05) is 36.4 Å². The van der Waals surface area contributed by atoms with Crippen molar-refractivity contribution in [2.75, 3.05) is 14.2 Å². The molecule has 142 valence electrons. The molecule has 1 spiro atoms. The molecule has 0 bridgehead atoms. The summed E-state index contributed by atoms with van der Waals surface area (Å²) in [6.45, 7) is 1.76. The minimum Gasteiger partial charge on any atom is -0.419 e. The van der Waals surface area contributed by atoms with Crippen LogP contribution in [0.4, 0.5) is 0 Å². The number of rotatable bonds is 2. The van der Waals surface area contributed by atoms with E-state index in [1.165, 1.54) is 14.2 Å². The number of methoxy groups -OCH3 is 1. The zero-order valence-electron chi connectivity index (χ0n) is 15.6. The number of carbonyl (C=O) groups excluding carboxylic acids is 2. The number of amides is 2. The van der Waals surface area contributed by atoms with E-state index >= 15 is 0 Å². The van der Waals surface area contributed by atoms with Crippen molar-refractivity contribution in [3.05, 3.63) is 71.3 Å². The van der Waals surface area contributed by atoms with Crippen LogP contribution in [0.3, 0.4) is 0 Å². The molecule has 0 aromatic heterocycles. The van der Waals surface area contributed by atoms with Crippen LogP contribution in [0.2, 0.25) is 0 Å². The summed E-state index contributed by atoms with van der Waals surface area (Å²) in [4.78, 5) is 31.8. The summed E-state index contributed by atoms with van der Waals surface area (Å²) in [6.07, 6.45) is 0. The van der Waals surface area contributed by atoms with Gasteiger partial charge in [0.1, 0.15) is 0 Å². The quantitative estimate of drug-likeness (QED) is 0.748. The second-order valence-electron chi connectivity index (χ2n) is 7.22. The van der Waals surface area contributed by atoms with Gasteiger partial charge >= 0.3 is 5.97 Å². The lowest BCUT2D eigenvalue weighted by Gasteiger charge is -2.61. The van der Waals surface area contributed by atoms with E-state index in [1.54, 1.807) is 31.2 Å². The predicted molar refractivity (Wildman–Crippen MR) is 98.5 cm³/mol. The van der Waals surface area contributed by atoms with Gasteiger partial charge in [-0.3, -0.25) is 19.2 Å². The maximum absolute atomic E-state index is 13.4. The fraction of sp³-hybridized carbons (Fsp3) is 0.286. The normalized spacial score (nSPS) is 33.1. The summed E-state index contributed by atoms with van der Waals surface area (Å²) < 4.78 is 17.7. The van der Waals surface area contributed by atoms with Crippen LogP contribution in [0.15, 0.2) is 59.6 Å². The molecule has 0 aliphatic carbocycles. The number of benzene rings is 2.